The van der Waals surface area contributed by atoms with E-state index in [-0.39, 0.29) is 5.91 Å². The molecule has 27 heavy (non-hydrogen) atoms. The smallest absolute Gasteiger partial charge is 0.255 e. The van der Waals surface area contributed by atoms with E-state index < -0.39 is 0 Å². The zero-order valence-electron chi connectivity index (χ0n) is 16.5. The number of nitrogens with zero attached hydrogens (tertiary/aromatic N) is 4. The Hall–Kier alpha value is -1.95. The molecular formula is C21H32N4O2. The number of carbonyl (C=O) groups excluding carboxylic acids is 2. The number of hydrogen-bond donors (Lipinski definition) is 0. The number of aromatic nitrogens is 1. The summed E-state index contributed by atoms with van der Waals surface area (Å²) >= 11 is 0. The number of rotatable bonds is 7. The summed E-state index contributed by atoms with van der Waals surface area (Å²) < 4.78 is 0. The van der Waals surface area contributed by atoms with E-state index in [1.165, 1.54) is 19.3 Å². The molecular weight excluding hydrogens is 340 g/mol. The van der Waals surface area contributed by atoms with Crippen LogP contribution in [0.5, 0.6) is 0 Å². The molecule has 0 N–H and O–H groups in total. The molecule has 2 aliphatic rings. The van der Waals surface area contributed by atoms with Gasteiger partial charge in [0, 0.05) is 45.0 Å². The van der Waals surface area contributed by atoms with Crippen LogP contribution in [-0.2, 0) is 4.79 Å². The first-order chi connectivity index (χ1) is 13.2. The van der Waals surface area contributed by atoms with Crippen LogP contribution in [0.4, 0.5) is 5.82 Å². The Morgan fingerprint density at radius 3 is 2.52 bits per heavy atom. The van der Waals surface area contributed by atoms with E-state index >= 15 is 0 Å². The number of carbonyl (C=O) groups is 2. The second-order valence-corrected chi connectivity index (χ2v) is 7.65. The minimum Gasteiger partial charge on any atom is -0.354 e. The molecule has 6 heteroatoms. The van der Waals surface area contributed by atoms with Crippen LogP contribution in [0.2, 0.25) is 0 Å². The van der Waals surface area contributed by atoms with E-state index in [1.807, 2.05) is 12.1 Å². The minimum atomic E-state index is 0.124. The van der Waals surface area contributed by atoms with Crippen molar-refractivity contribution in [3.05, 3.63) is 23.9 Å². The first-order valence-electron chi connectivity index (χ1n) is 10.4. The fraction of sp³-hybridized carbons (Fsp3) is 0.667. The third-order valence-electron chi connectivity index (χ3n) is 5.76. The molecule has 1 aliphatic carbocycles. The molecule has 148 valence electrons. The molecule has 2 fully saturated rings. The van der Waals surface area contributed by atoms with Gasteiger partial charge in [0.05, 0.1) is 12.1 Å². The molecule has 3 rings (SSSR count). The highest BCUT2D eigenvalue weighted by Gasteiger charge is 2.26. The highest BCUT2D eigenvalue weighted by atomic mass is 16.2. The lowest BCUT2D eigenvalue weighted by Gasteiger charge is -2.35. The molecule has 1 aliphatic heterocycles. The Morgan fingerprint density at radius 2 is 1.93 bits per heavy atom. The van der Waals surface area contributed by atoms with Crippen molar-refractivity contribution < 1.29 is 9.59 Å². The van der Waals surface area contributed by atoms with Crippen LogP contribution in [0.25, 0.3) is 0 Å². The van der Waals surface area contributed by atoms with Gasteiger partial charge in [0.2, 0.25) is 0 Å². The molecule has 1 aromatic heterocycles. The van der Waals surface area contributed by atoms with Gasteiger partial charge < -0.3 is 14.6 Å². The van der Waals surface area contributed by atoms with E-state index in [1.54, 1.807) is 6.20 Å². The Labute approximate surface area is 162 Å². The lowest BCUT2D eigenvalue weighted by molar-refractivity contribution is -0.108. The Morgan fingerprint density at radius 1 is 1.19 bits per heavy atom. The monoisotopic (exact) mass is 372 g/mol. The van der Waals surface area contributed by atoms with Crippen LogP contribution >= 0.6 is 0 Å². The maximum absolute atomic E-state index is 13.1. The number of hydrogen-bond acceptors (Lipinski definition) is 5. The second-order valence-electron chi connectivity index (χ2n) is 7.65. The van der Waals surface area contributed by atoms with Gasteiger partial charge in [-0.3, -0.25) is 9.69 Å². The molecule has 0 atom stereocenters. The van der Waals surface area contributed by atoms with Gasteiger partial charge >= 0.3 is 0 Å². The van der Waals surface area contributed by atoms with Crippen LogP contribution < -0.4 is 4.90 Å². The summed E-state index contributed by atoms with van der Waals surface area (Å²) in [7, 11) is 0. The Bertz CT molecular complexity index is 605. The highest BCUT2D eigenvalue weighted by Crippen LogP contribution is 2.24. The summed E-state index contributed by atoms with van der Waals surface area (Å²) in [4.78, 5) is 34.7. The molecule has 0 unspecified atom stereocenters. The lowest BCUT2D eigenvalue weighted by atomic mass is 9.93. The van der Waals surface area contributed by atoms with Crippen molar-refractivity contribution in [3.63, 3.8) is 0 Å². The van der Waals surface area contributed by atoms with E-state index in [0.717, 1.165) is 64.1 Å². The molecule has 0 bridgehead atoms. The van der Waals surface area contributed by atoms with Crippen molar-refractivity contribution in [2.75, 3.05) is 44.2 Å². The Balaban J connectivity index is 1.63. The fourth-order valence-corrected chi connectivity index (χ4v) is 4.21. The summed E-state index contributed by atoms with van der Waals surface area (Å²) in [6.07, 6.45) is 9.69. The maximum Gasteiger partial charge on any atom is 0.255 e. The molecule has 0 radical (unpaired) electrons. The van der Waals surface area contributed by atoms with Gasteiger partial charge in [-0.25, -0.2) is 4.98 Å². The van der Waals surface area contributed by atoms with Crippen molar-refractivity contribution in [2.45, 2.75) is 51.5 Å². The molecule has 1 saturated heterocycles. The van der Waals surface area contributed by atoms with Gasteiger partial charge in [0.1, 0.15) is 12.1 Å². The van der Waals surface area contributed by atoms with E-state index in [2.05, 4.69) is 26.6 Å². The topological polar surface area (TPSA) is 56.8 Å². The summed E-state index contributed by atoms with van der Waals surface area (Å²) in [6.45, 7) is 6.91. The van der Waals surface area contributed by atoms with Crippen LogP contribution in [0.15, 0.2) is 18.3 Å². The molecule has 0 aromatic carbocycles. The molecule has 1 aromatic rings. The first-order valence-corrected chi connectivity index (χ1v) is 10.4. The fourth-order valence-electron chi connectivity index (χ4n) is 4.21. The van der Waals surface area contributed by atoms with Crippen molar-refractivity contribution in [2.24, 2.45) is 0 Å². The zero-order chi connectivity index (χ0) is 19.1. The minimum absolute atomic E-state index is 0.124. The van der Waals surface area contributed by atoms with Crippen molar-refractivity contribution in [1.82, 2.24) is 14.8 Å². The predicted molar refractivity (Wildman–Crippen MR) is 107 cm³/mol. The van der Waals surface area contributed by atoms with Crippen LogP contribution in [0, 0.1) is 0 Å². The van der Waals surface area contributed by atoms with Gasteiger partial charge in [0.25, 0.3) is 5.91 Å². The third kappa shape index (κ3) is 5.06. The van der Waals surface area contributed by atoms with Crippen LogP contribution in [0.3, 0.4) is 0 Å². The van der Waals surface area contributed by atoms with Crippen LogP contribution in [-0.4, -0.2) is 72.3 Å². The molecule has 2 heterocycles. The third-order valence-corrected chi connectivity index (χ3v) is 5.76. The van der Waals surface area contributed by atoms with Gasteiger partial charge in [0.15, 0.2) is 0 Å². The van der Waals surface area contributed by atoms with Crippen molar-refractivity contribution in [3.8, 4) is 0 Å². The lowest BCUT2D eigenvalue weighted by Crippen LogP contribution is -2.47. The summed E-state index contributed by atoms with van der Waals surface area (Å²) in [5.41, 5.74) is 0.692. The Kier molecular flexibility index (Phi) is 7.21. The summed E-state index contributed by atoms with van der Waals surface area (Å²) in [6, 6.07) is 4.28. The standard InChI is InChI=1S/C21H32N4O2/c1-2-10-25(19-6-4-3-5-7-19)21(27)18-8-9-20(22-17-18)24-13-11-23(12-14-24)15-16-26/h8-9,16-17,19H,2-7,10-15H2,1H3. The van der Waals surface area contributed by atoms with Gasteiger partial charge in [-0.05, 0) is 31.4 Å². The van der Waals surface area contributed by atoms with Crippen molar-refractivity contribution >= 4 is 18.0 Å². The van der Waals surface area contributed by atoms with E-state index in [4.69, 9.17) is 0 Å². The zero-order valence-corrected chi connectivity index (χ0v) is 16.5. The van der Waals surface area contributed by atoms with Crippen LogP contribution in [0.1, 0.15) is 55.8 Å². The average molecular weight is 373 g/mol. The summed E-state index contributed by atoms with van der Waals surface area (Å²) in [5, 5.41) is 0. The summed E-state index contributed by atoms with van der Waals surface area (Å²) in [5.74, 6) is 1.04. The van der Waals surface area contributed by atoms with Gasteiger partial charge in [-0.1, -0.05) is 26.2 Å². The first kappa shape index (κ1) is 19.8. The predicted octanol–water partition coefficient (Wildman–Crippen LogP) is 2.59. The number of anilines is 1. The quantitative estimate of drug-likeness (QED) is 0.689. The SMILES string of the molecule is CCCN(C(=O)c1ccc(N2CCN(CC=O)CC2)nc1)C1CCCCC1. The normalized spacial score (nSPS) is 19.1. The largest absolute Gasteiger partial charge is 0.354 e. The number of aldehydes is 1. The highest BCUT2D eigenvalue weighted by molar-refractivity contribution is 5.94. The van der Waals surface area contributed by atoms with E-state index in [9.17, 15) is 9.59 Å². The molecule has 6 nitrogen and oxygen atoms in total. The maximum atomic E-state index is 13.1. The number of amides is 1. The molecule has 0 spiro atoms. The van der Waals surface area contributed by atoms with Gasteiger partial charge in [-0.2, -0.15) is 0 Å². The number of pyridine rings is 1. The average Bonchev–Trinajstić information content (AvgIpc) is 2.73. The second kappa shape index (κ2) is 9.83. The van der Waals surface area contributed by atoms with Gasteiger partial charge in [-0.15, -0.1) is 0 Å². The van der Waals surface area contributed by atoms with Crippen molar-refractivity contribution in [1.29, 1.82) is 0 Å². The van der Waals surface area contributed by atoms with E-state index in [0.29, 0.717) is 18.2 Å². The number of piperazine rings is 1. The molecule has 1 amide bonds. The molecule has 1 saturated carbocycles.